The maximum Gasteiger partial charge on any atom is 0.0860 e. The molecule has 1 aliphatic carbocycles. The third-order valence-electron chi connectivity index (χ3n) is 5.07. The van der Waals surface area contributed by atoms with Crippen molar-refractivity contribution in [2.75, 3.05) is 7.05 Å². The van der Waals surface area contributed by atoms with Crippen LogP contribution in [-0.2, 0) is 6.42 Å². The van der Waals surface area contributed by atoms with Crippen LogP contribution in [0.5, 0.6) is 0 Å². The van der Waals surface area contributed by atoms with Gasteiger partial charge < -0.3 is 5.43 Å². The van der Waals surface area contributed by atoms with Gasteiger partial charge in [-0.2, -0.15) is 0 Å². The Morgan fingerprint density at radius 1 is 1.00 bits per heavy atom. The van der Waals surface area contributed by atoms with E-state index in [0.717, 1.165) is 6.42 Å². The van der Waals surface area contributed by atoms with Gasteiger partial charge in [-0.25, -0.2) is 0 Å². The monoisotopic (exact) mass is 305 g/mol. The molecule has 23 heavy (non-hydrogen) atoms. The number of hydrazine groups is 2. The van der Waals surface area contributed by atoms with E-state index in [1.54, 1.807) is 0 Å². The van der Waals surface area contributed by atoms with E-state index in [0.29, 0.717) is 11.8 Å². The lowest BCUT2D eigenvalue weighted by molar-refractivity contribution is 0.345. The normalized spacial score (nSPS) is 19.7. The van der Waals surface area contributed by atoms with Crippen LogP contribution in [-0.4, -0.2) is 12.1 Å². The number of hydrogen-bond donors (Lipinski definition) is 2. The van der Waals surface area contributed by atoms with Crippen molar-refractivity contribution in [2.45, 2.75) is 26.2 Å². The van der Waals surface area contributed by atoms with Crippen LogP contribution < -0.4 is 11.0 Å². The van der Waals surface area contributed by atoms with Gasteiger partial charge in [0.2, 0.25) is 0 Å². The number of rotatable bonds is 1. The molecule has 1 atom stereocenters. The highest BCUT2D eigenvalue weighted by Gasteiger charge is 2.31. The van der Waals surface area contributed by atoms with Crippen molar-refractivity contribution in [1.82, 2.24) is 16.0 Å². The first kappa shape index (κ1) is 14.3. The standard InChI is InChI=1S/C20H23N3/c1-13(2)18-12-14-8-4-5-9-15(14)19-20(23(3)22-21-19)17-11-7-6-10-16(17)18/h4-11,13,18,21-22H,12H2,1-3H3. The van der Waals surface area contributed by atoms with E-state index in [2.05, 4.69) is 85.4 Å². The molecular weight excluding hydrogens is 282 g/mol. The third-order valence-corrected chi connectivity index (χ3v) is 5.07. The first-order chi connectivity index (χ1) is 11.2. The maximum atomic E-state index is 3.37. The smallest absolute Gasteiger partial charge is 0.0860 e. The zero-order valence-electron chi connectivity index (χ0n) is 13.9. The molecule has 2 N–H and O–H groups in total. The van der Waals surface area contributed by atoms with Crippen molar-refractivity contribution in [3.63, 3.8) is 0 Å². The molecule has 0 amide bonds. The van der Waals surface area contributed by atoms with Crippen molar-refractivity contribution < 1.29 is 0 Å². The quantitative estimate of drug-likeness (QED) is 0.840. The minimum atomic E-state index is 0.524. The molecule has 3 heteroatoms. The predicted octanol–water partition coefficient (Wildman–Crippen LogP) is 3.76. The van der Waals surface area contributed by atoms with Gasteiger partial charge >= 0.3 is 0 Å². The fourth-order valence-electron chi connectivity index (χ4n) is 3.85. The second-order valence-electron chi connectivity index (χ2n) is 6.82. The lowest BCUT2D eigenvalue weighted by Crippen LogP contribution is -2.34. The van der Waals surface area contributed by atoms with E-state index in [1.165, 1.54) is 33.6 Å². The molecule has 0 spiro atoms. The summed E-state index contributed by atoms with van der Waals surface area (Å²) in [5.41, 5.74) is 14.5. The Labute approximate surface area is 138 Å². The summed E-state index contributed by atoms with van der Waals surface area (Å²) in [7, 11) is 2.07. The highest BCUT2D eigenvalue weighted by Crippen LogP contribution is 2.41. The van der Waals surface area contributed by atoms with Crippen LogP contribution in [0.3, 0.4) is 0 Å². The summed E-state index contributed by atoms with van der Waals surface area (Å²) in [4.78, 5) is 0. The fourth-order valence-corrected chi connectivity index (χ4v) is 3.85. The molecule has 0 saturated carbocycles. The molecular formula is C20H23N3. The summed E-state index contributed by atoms with van der Waals surface area (Å²) < 4.78 is 0. The Hall–Kier alpha value is -2.26. The van der Waals surface area contributed by atoms with Gasteiger partial charge in [-0.15, -0.1) is 5.53 Å². The first-order valence-corrected chi connectivity index (χ1v) is 8.34. The molecule has 4 rings (SSSR count). The molecule has 0 saturated heterocycles. The molecule has 2 aromatic rings. The lowest BCUT2D eigenvalue weighted by Gasteiger charge is -2.29. The SMILES string of the molecule is CC(C)C1Cc2ccccc2C2=C(c3ccccc31)N(C)NN2. The molecule has 1 unspecified atom stereocenters. The largest absolute Gasteiger partial charge is 0.301 e. The minimum absolute atomic E-state index is 0.524. The number of nitrogens with one attached hydrogen (secondary N) is 2. The van der Waals surface area contributed by atoms with Gasteiger partial charge in [0.1, 0.15) is 0 Å². The molecule has 1 heterocycles. The topological polar surface area (TPSA) is 27.3 Å². The molecule has 2 aromatic carbocycles. The van der Waals surface area contributed by atoms with E-state index in [9.17, 15) is 0 Å². The molecule has 0 aromatic heterocycles. The van der Waals surface area contributed by atoms with Crippen LogP contribution in [0.2, 0.25) is 0 Å². The third kappa shape index (κ3) is 2.23. The number of benzene rings is 2. The molecule has 1 aliphatic heterocycles. The molecule has 3 nitrogen and oxygen atoms in total. The average molecular weight is 305 g/mol. The van der Waals surface area contributed by atoms with E-state index < -0.39 is 0 Å². The molecule has 0 radical (unpaired) electrons. The van der Waals surface area contributed by atoms with Gasteiger partial charge in [0.05, 0.1) is 11.4 Å². The van der Waals surface area contributed by atoms with Gasteiger partial charge in [0.15, 0.2) is 0 Å². The van der Waals surface area contributed by atoms with Crippen molar-refractivity contribution in [2.24, 2.45) is 5.92 Å². The Balaban J connectivity index is 2.04. The zero-order chi connectivity index (χ0) is 16.0. The van der Waals surface area contributed by atoms with Gasteiger partial charge in [-0.05, 0) is 29.4 Å². The van der Waals surface area contributed by atoms with Crippen LogP contribution in [0.15, 0.2) is 48.5 Å². The van der Waals surface area contributed by atoms with Crippen LogP contribution in [0.4, 0.5) is 0 Å². The Kier molecular flexibility index (Phi) is 3.38. The summed E-state index contributed by atoms with van der Waals surface area (Å²) in [6.07, 6.45) is 1.08. The van der Waals surface area contributed by atoms with E-state index in [4.69, 9.17) is 0 Å². The van der Waals surface area contributed by atoms with Crippen LogP contribution in [0.1, 0.15) is 42.0 Å². The summed E-state index contributed by atoms with van der Waals surface area (Å²) in [6, 6.07) is 17.6. The van der Waals surface area contributed by atoms with Gasteiger partial charge in [0, 0.05) is 18.2 Å². The first-order valence-electron chi connectivity index (χ1n) is 8.34. The highest BCUT2D eigenvalue weighted by molar-refractivity contribution is 5.92. The summed E-state index contributed by atoms with van der Waals surface area (Å²) >= 11 is 0. The van der Waals surface area contributed by atoms with Crippen molar-refractivity contribution in [3.05, 3.63) is 70.8 Å². The highest BCUT2D eigenvalue weighted by atomic mass is 15.7. The summed E-state index contributed by atoms with van der Waals surface area (Å²) in [6.45, 7) is 4.66. The number of hydrogen-bond acceptors (Lipinski definition) is 3. The fraction of sp³-hybridized carbons (Fsp3) is 0.300. The maximum absolute atomic E-state index is 3.37. The molecule has 0 bridgehead atoms. The van der Waals surface area contributed by atoms with Crippen molar-refractivity contribution in [3.8, 4) is 0 Å². The Bertz CT molecular complexity index is 776. The minimum Gasteiger partial charge on any atom is -0.301 e. The van der Waals surface area contributed by atoms with Gasteiger partial charge in [-0.1, -0.05) is 62.4 Å². The Morgan fingerprint density at radius 2 is 1.70 bits per heavy atom. The second-order valence-corrected chi connectivity index (χ2v) is 6.82. The summed E-state index contributed by atoms with van der Waals surface area (Å²) in [5, 5.41) is 2.09. The van der Waals surface area contributed by atoms with Crippen molar-refractivity contribution in [1.29, 1.82) is 0 Å². The van der Waals surface area contributed by atoms with Crippen LogP contribution in [0.25, 0.3) is 11.4 Å². The Morgan fingerprint density at radius 3 is 2.48 bits per heavy atom. The van der Waals surface area contributed by atoms with Crippen LogP contribution in [0, 0.1) is 5.92 Å². The summed E-state index contributed by atoms with van der Waals surface area (Å²) in [5.74, 6) is 1.12. The van der Waals surface area contributed by atoms with E-state index in [1.807, 2.05) is 0 Å². The van der Waals surface area contributed by atoms with Crippen LogP contribution >= 0.6 is 0 Å². The van der Waals surface area contributed by atoms with Crippen molar-refractivity contribution >= 4 is 11.4 Å². The molecule has 118 valence electrons. The number of nitrogens with zero attached hydrogens (tertiary/aromatic N) is 1. The second kappa shape index (κ2) is 5.43. The van der Waals surface area contributed by atoms with Gasteiger partial charge in [-0.3, -0.25) is 5.01 Å². The molecule has 2 aliphatic rings. The lowest BCUT2D eigenvalue weighted by atomic mass is 9.77. The zero-order valence-corrected chi connectivity index (χ0v) is 13.9. The van der Waals surface area contributed by atoms with Gasteiger partial charge in [0.25, 0.3) is 0 Å². The molecule has 0 fully saturated rings. The number of fused-ring (bicyclic) bond motifs is 4. The van der Waals surface area contributed by atoms with E-state index >= 15 is 0 Å². The predicted molar refractivity (Wildman–Crippen MR) is 95.0 cm³/mol. The average Bonchev–Trinajstić information content (AvgIpc) is 2.92. The van der Waals surface area contributed by atoms with E-state index in [-0.39, 0.29) is 0 Å².